The Bertz CT molecular complexity index is 325. The van der Waals surface area contributed by atoms with Crippen LogP contribution in [0.2, 0.25) is 0 Å². The highest BCUT2D eigenvalue weighted by Gasteiger charge is 2.28. The second-order valence-corrected chi connectivity index (χ2v) is 3.55. The number of para-hydroxylation sites is 1. The molecule has 1 aliphatic heterocycles. The molecule has 0 saturated heterocycles. The number of hydrogen-bond donors (Lipinski definition) is 0. The van der Waals surface area contributed by atoms with Crippen molar-refractivity contribution in [2.24, 2.45) is 0 Å². The molecule has 0 bridgehead atoms. The van der Waals surface area contributed by atoms with E-state index in [-0.39, 0.29) is 6.79 Å². The summed E-state index contributed by atoms with van der Waals surface area (Å²) in [5.74, 6) is 1.27. The summed E-state index contributed by atoms with van der Waals surface area (Å²) in [6, 6.07) is 5.39. The Balaban J connectivity index is 2.54. The Morgan fingerprint density at radius 3 is 2.77 bits per heavy atom. The van der Waals surface area contributed by atoms with Crippen molar-refractivity contribution in [2.45, 2.75) is 19.4 Å². The number of hydrogen-bond acceptors (Lipinski definition) is 2. The highest BCUT2D eigenvalue weighted by atomic mass is 16.7. The minimum absolute atomic E-state index is 0.211. The lowest BCUT2D eigenvalue weighted by Crippen LogP contribution is -2.14. The van der Waals surface area contributed by atoms with Crippen molar-refractivity contribution >= 4 is 0 Å². The molecule has 69 valence electrons. The molecule has 0 aliphatic carbocycles. The smallest absolute Gasteiger partial charge is 0.231 e. The molecule has 3 heteroatoms. The van der Waals surface area contributed by atoms with Crippen molar-refractivity contribution in [3.05, 3.63) is 23.8 Å². The van der Waals surface area contributed by atoms with Gasteiger partial charge in [0, 0.05) is 5.56 Å². The Kier molecular flexibility index (Phi) is 1.70. The van der Waals surface area contributed by atoms with Crippen molar-refractivity contribution in [1.82, 2.24) is 0 Å². The van der Waals surface area contributed by atoms with E-state index in [4.69, 9.17) is 9.47 Å². The van der Waals surface area contributed by atoms with Gasteiger partial charge in [0.2, 0.25) is 6.79 Å². The summed E-state index contributed by atoms with van der Waals surface area (Å²) in [5, 5.41) is 11.7. The van der Waals surface area contributed by atoms with Crippen LogP contribution < -0.4 is 9.47 Å². The average Bonchev–Trinajstić information content (AvgIpc) is 2.48. The molecule has 1 aromatic rings. The van der Waals surface area contributed by atoms with Gasteiger partial charge in [-0.1, -0.05) is 12.1 Å². The summed E-state index contributed by atoms with van der Waals surface area (Å²) in [4.78, 5) is 0. The van der Waals surface area contributed by atoms with Crippen molar-refractivity contribution in [3.8, 4) is 11.5 Å². The third kappa shape index (κ3) is 1.35. The average molecular weight is 179 g/mol. The van der Waals surface area contributed by atoms with E-state index in [1.165, 1.54) is 0 Å². The molecule has 0 amide bonds. The molecule has 3 nitrogen and oxygen atoms in total. The van der Waals surface area contributed by atoms with E-state index in [0.29, 0.717) is 17.1 Å². The van der Waals surface area contributed by atoms with Crippen LogP contribution >= 0.6 is 0 Å². The number of fused-ring (bicyclic) bond motifs is 1. The molecule has 0 fully saturated rings. The lowest BCUT2D eigenvalue weighted by atomic mass is 9.97. The van der Waals surface area contributed by atoms with Gasteiger partial charge in [0.1, 0.15) is 5.60 Å². The molecular formula is C10H11O3. The predicted molar refractivity (Wildman–Crippen MR) is 46.3 cm³/mol. The molecule has 0 unspecified atom stereocenters. The van der Waals surface area contributed by atoms with Crippen LogP contribution in [0.1, 0.15) is 19.4 Å². The van der Waals surface area contributed by atoms with Gasteiger partial charge in [0.25, 0.3) is 0 Å². The van der Waals surface area contributed by atoms with Gasteiger partial charge >= 0.3 is 0 Å². The lowest BCUT2D eigenvalue weighted by Gasteiger charge is -2.16. The molecule has 1 aliphatic rings. The second kappa shape index (κ2) is 2.64. The monoisotopic (exact) mass is 179 g/mol. The zero-order valence-corrected chi connectivity index (χ0v) is 7.66. The maximum absolute atomic E-state index is 11.7. The summed E-state index contributed by atoms with van der Waals surface area (Å²) >= 11 is 0. The minimum Gasteiger partial charge on any atom is -0.454 e. The Hall–Kier alpha value is -1.22. The predicted octanol–water partition coefficient (Wildman–Crippen LogP) is 2.08. The first-order valence-electron chi connectivity index (χ1n) is 4.18. The fourth-order valence-corrected chi connectivity index (χ4v) is 1.40. The Morgan fingerprint density at radius 1 is 1.31 bits per heavy atom. The minimum atomic E-state index is -1.14. The molecule has 1 radical (unpaired) electrons. The summed E-state index contributed by atoms with van der Waals surface area (Å²) in [5.41, 5.74) is -0.485. The molecule has 0 saturated carbocycles. The molecule has 0 spiro atoms. The van der Waals surface area contributed by atoms with E-state index in [2.05, 4.69) is 0 Å². The van der Waals surface area contributed by atoms with E-state index in [0.717, 1.165) is 0 Å². The van der Waals surface area contributed by atoms with E-state index in [1.54, 1.807) is 26.0 Å². The highest BCUT2D eigenvalue weighted by Crippen LogP contribution is 2.40. The zero-order chi connectivity index (χ0) is 9.47. The van der Waals surface area contributed by atoms with Crippen LogP contribution in [0.3, 0.4) is 0 Å². The van der Waals surface area contributed by atoms with E-state index < -0.39 is 5.60 Å². The molecule has 13 heavy (non-hydrogen) atoms. The van der Waals surface area contributed by atoms with Gasteiger partial charge in [-0.15, -0.1) is 0 Å². The van der Waals surface area contributed by atoms with Crippen LogP contribution in [0, 0.1) is 0 Å². The van der Waals surface area contributed by atoms with Crippen LogP contribution in [-0.4, -0.2) is 6.79 Å². The third-order valence-corrected chi connectivity index (χ3v) is 2.05. The molecule has 2 rings (SSSR count). The van der Waals surface area contributed by atoms with Crippen molar-refractivity contribution in [2.75, 3.05) is 6.79 Å². The first kappa shape index (κ1) is 8.38. The summed E-state index contributed by atoms with van der Waals surface area (Å²) in [7, 11) is 0. The summed E-state index contributed by atoms with van der Waals surface area (Å²) in [6.45, 7) is 3.44. The third-order valence-electron chi connectivity index (χ3n) is 2.05. The number of benzene rings is 1. The quantitative estimate of drug-likeness (QED) is 0.662. The second-order valence-electron chi connectivity index (χ2n) is 3.55. The molecule has 1 heterocycles. The Labute approximate surface area is 76.9 Å². The standard InChI is InChI=1S/C10H11O3/c1-10(2,11)7-4-3-5-8-9(7)13-6-12-8/h3-5H,6H2,1-2H3. The SMILES string of the molecule is CC(C)([O])c1cccc2c1OCO2. The van der Waals surface area contributed by atoms with Gasteiger partial charge in [0.05, 0.1) is 0 Å². The Morgan fingerprint density at radius 2 is 2.08 bits per heavy atom. The fourth-order valence-electron chi connectivity index (χ4n) is 1.40. The van der Waals surface area contributed by atoms with Gasteiger partial charge in [-0.05, 0) is 19.9 Å². The molecular weight excluding hydrogens is 168 g/mol. The van der Waals surface area contributed by atoms with Crippen LogP contribution in [-0.2, 0) is 10.7 Å². The lowest BCUT2D eigenvalue weighted by molar-refractivity contribution is -0.00218. The van der Waals surface area contributed by atoms with Gasteiger partial charge < -0.3 is 9.47 Å². The topological polar surface area (TPSA) is 38.4 Å². The largest absolute Gasteiger partial charge is 0.454 e. The highest BCUT2D eigenvalue weighted by molar-refractivity contribution is 5.50. The summed E-state index contributed by atoms with van der Waals surface area (Å²) in [6.07, 6.45) is 0. The maximum atomic E-state index is 11.7. The van der Waals surface area contributed by atoms with Crippen molar-refractivity contribution < 1.29 is 14.6 Å². The van der Waals surface area contributed by atoms with Crippen LogP contribution in [0.25, 0.3) is 0 Å². The normalized spacial score (nSPS) is 14.7. The van der Waals surface area contributed by atoms with Crippen molar-refractivity contribution in [3.63, 3.8) is 0 Å². The van der Waals surface area contributed by atoms with Crippen molar-refractivity contribution in [1.29, 1.82) is 0 Å². The first-order valence-corrected chi connectivity index (χ1v) is 4.18. The number of ether oxygens (including phenoxy) is 2. The zero-order valence-electron chi connectivity index (χ0n) is 7.66. The van der Waals surface area contributed by atoms with E-state index >= 15 is 0 Å². The van der Waals surface area contributed by atoms with Gasteiger partial charge in [-0.3, -0.25) is 0 Å². The van der Waals surface area contributed by atoms with Gasteiger partial charge in [-0.2, -0.15) is 0 Å². The van der Waals surface area contributed by atoms with Gasteiger partial charge in [-0.25, -0.2) is 5.11 Å². The maximum Gasteiger partial charge on any atom is 0.231 e. The van der Waals surface area contributed by atoms with Crippen LogP contribution in [0.5, 0.6) is 11.5 Å². The van der Waals surface area contributed by atoms with E-state index in [1.807, 2.05) is 6.07 Å². The van der Waals surface area contributed by atoms with Crippen LogP contribution in [0.15, 0.2) is 18.2 Å². The number of rotatable bonds is 1. The molecule has 0 aromatic heterocycles. The molecule has 0 atom stereocenters. The van der Waals surface area contributed by atoms with Gasteiger partial charge in [0.15, 0.2) is 11.5 Å². The molecule has 1 aromatic carbocycles. The fraction of sp³-hybridized carbons (Fsp3) is 0.400. The van der Waals surface area contributed by atoms with Crippen LogP contribution in [0.4, 0.5) is 0 Å². The molecule has 0 N–H and O–H groups in total. The van der Waals surface area contributed by atoms with E-state index in [9.17, 15) is 5.11 Å². The first-order chi connectivity index (χ1) is 6.09. The summed E-state index contributed by atoms with van der Waals surface area (Å²) < 4.78 is 10.4.